The molecule has 0 aliphatic carbocycles. The van der Waals surface area contributed by atoms with Crippen molar-refractivity contribution < 1.29 is 24.4 Å². The highest BCUT2D eigenvalue weighted by molar-refractivity contribution is 5.23. The molecule has 0 radical (unpaired) electrons. The molecule has 2 heterocycles. The summed E-state index contributed by atoms with van der Waals surface area (Å²) in [6.07, 6.45) is -2.78. The zero-order chi connectivity index (χ0) is 14.4. The lowest BCUT2D eigenvalue weighted by molar-refractivity contribution is -0.197. The average molecular weight is 275 g/mol. The largest absolute Gasteiger partial charge is 0.393 e. The van der Waals surface area contributed by atoms with Crippen molar-refractivity contribution in [3.05, 3.63) is 22.7 Å². The maximum atomic E-state index is 14.2. The second-order valence-electron chi connectivity index (χ2n) is 4.61. The van der Waals surface area contributed by atoms with Gasteiger partial charge in [-0.15, -0.1) is 0 Å². The molecule has 2 rings (SSSR count). The average Bonchev–Trinajstić information content (AvgIpc) is 2.51. The van der Waals surface area contributed by atoms with E-state index in [9.17, 15) is 19.4 Å². The van der Waals surface area contributed by atoms with Crippen LogP contribution in [0.25, 0.3) is 0 Å². The quantitative estimate of drug-likeness (QED) is 0.497. The fourth-order valence-corrected chi connectivity index (χ4v) is 1.95. The van der Waals surface area contributed by atoms with Crippen LogP contribution in [0.15, 0.2) is 17.1 Å². The monoisotopic (exact) mass is 275 g/mol. The summed E-state index contributed by atoms with van der Waals surface area (Å²) in [6.45, 7) is 0.464. The molecule has 0 aromatic carbocycles. The molecule has 4 atom stereocenters. The van der Waals surface area contributed by atoms with Crippen LogP contribution in [0, 0.1) is 0 Å². The smallest absolute Gasteiger partial charge is 0.351 e. The molecule has 9 heteroatoms. The fourth-order valence-electron chi connectivity index (χ4n) is 1.95. The van der Waals surface area contributed by atoms with E-state index in [0.29, 0.717) is 4.57 Å². The fraction of sp³-hybridized carbons (Fsp3) is 0.600. The van der Waals surface area contributed by atoms with Gasteiger partial charge in [-0.25, -0.2) is 9.18 Å². The van der Waals surface area contributed by atoms with Crippen LogP contribution < -0.4 is 11.4 Å². The third-order valence-corrected chi connectivity index (χ3v) is 3.11. The summed E-state index contributed by atoms with van der Waals surface area (Å²) in [7, 11) is 0. The highest BCUT2D eigenvalue weighted by Crippen LogP contribution is 2.44. The first-order chi connectivity index (χ1) is 8.72. The predicted octanol–water partition coefficient (Wildman–Crippen LogP) is -1.88. The van der Waals surface area contributed by atoms with E-state index in [-0.39, 0.29) is 5.82 Å². The number of halogens is 1. The Morgan fingerprint density at radius 3 is 2.79 bits per heavy atom. The van der Waals surface area contributed by atoms with Gasteiger partial charge in [0.05, 0.1) is 6.61 Å². The number of anilines is 1. The molecule has 8 nitrogen and oxygen atoms in total. The summed E-state index contributed by atoms with van der Waals surface area (Å²) in [5.74, 6) is -3.33. The lowest BCUT2D eigenvalue weighted by atomic mass is 9.97. The Bertz CT molecular complexity index is 548. The molecule has 0 saturated carbocycles. The van der Waals surface area contributed by atoms with Crippen molar-refractivity contribution in [3.63, 3.8) is 0 Å². The van der Waals surface area contributed by atoms with E-state index >= 15 is 0 Å². The first kappa shape index (κ1) is 13.9. The molecule has 0 spiro atoms. The summed E-state index contributed by atoms with van der Waals surface area (Å²) < 4.78 is 19.9. The zero-order valence-electron chi connectivity index (χ0n) is 10.0. The van der Waals surface area contributed by atoms with Gasteiger partial charge in [0.2, 0.25) is 6.23 Å². The summed E-state index contributed by atoms with van der Waals surface area (Å²) in [6, 6.07) is 1.21. The second-order valence-corrected chi connectivity index (χ2v) is 4.61. The number of hydrogen-bond acceptors (Lipinski definition) is 7. The first-order valence-electron chi connectivity index (χ1n) is 5.45. The summed E-state index contributed by atoms with van der Waals surface area (Å²) in [4.78, 5) is 15.0. The number of aliphatic hydroxyl groups is 3. The molecule has 0 unspecified atom stereocenters. The molecule has 1 aliphatic rings. The number of aliphatic hydroxyl groups excluding tert-OH is 2. The topological polar surface area (TPSA) is 131 Å². The van der Waals surface area contributed by atoms with Crippen molar-refractivity contribution in [2.45, 2.75) is 30.7 Å². The number of hydrogen-bond donors (Lipinski definition) is 4. The molecule has 0 amide bonds. The number of nitrogens with zero attached hydrogens (tertiary/aromatic N) is 2. The van der Waals surface area contributed by atoms with E-state index in [1.165, 1.54) is 13.0 Å². The molecular formula is C10H14FN3O5. The van der Waals surface area contributed by atoms with Gasteiger partial charge in [-0.05, 0) is 13.0 Å². The highest BCUT2D eigenvalue weighted by atomic mass is 19.2. The second kappa shape index (κ2) is 4.23. The van der Waals surface area contributed by atoms with Gasteiger partial charge in [0.1, 0.15) is 17.5 Å². The van der Waals surface area contributed by atoms with E-state index in [1.807, 2.05) is 0 Å². The van der Waals surface area contributed by atoms with Gasteiger partial charge < -0.3 is 25.8 Å². The van der Waals surface area contributed by atoms with Crippen LogP contribution in [0.5, 0.6) is 0 Å². The van der Waals surface area contributed by atoms with Crippen LogP contribution in [0.2, 0.25) is 0 Å². The van der Waals surface area contributed by atoms with E-state index in [1.54, 1.807) is 0 Å². The van der Waals surface area contributed by atoms with Crippen molar-refractivity contribution in [1.82, 2.24) is 9.55 Å². The van der Waals surface area contributed by atoms with Gasteiger partial charge in [0.15, 0.2) is 0 Å². The Morgan fingerprint density at radius 2 is 2.32 bits per heavy atom. The standard InChI is InChI=1S/C10H14FN3O5/c1-9(4-15)6(16)10(11,18)7(19-9)14-3-2-5(12)13-8(14)17/h2-3,6-7,15-16,18H,4H2,1H3,(H2,12,13,17)/t6-,7-,9-,10+/m1/s1. The van der Waals surface area contributed by atoms with E-state index in [0.717, 1.165) is 6.20 Å². The summed E-state index contributed by atoms with van der Waals surface area (Å²) in [5, 5.41) is 28.5. The lowest BCUT2D eigenvalue weighted by Crippen LogP contribution is -2.49. The third kappa shape index (κ3) is 2.00. The molecule has 5 N–H and O–H groups in total. The maximum Gasteiger partial charge on any atom is 0.351 e. The molecule has 19 heavy (non-hydrogen) atoms. The number of rotatable bonds is 2. The number of nitrogens with two attached hydrogens (primary N) is 1. The van der Waals surface area contributed by atoms with Crippen LogP contribution >= 0.6 is 0 Å². The van der Waals surface area contributed by atoms with Crippen molar-refractivity contribution in [3.8, 4) is 0 Å². The molecule has 1 fully saturated rings. The molecular weight excluding hydrogens is 261 g/mol. The Hall–Kier alpha value is -1.55. The summed E-state index contributed by atoms with van der Waals surface area (Å²) >= 11 is 0. The normalized spacial score (nSPS) is 38.6. The lowest BCUT2D eigenvalue weighted by Gasteiger charge is -2.25. The van der Waals surface area contributed by atoms with Crippen LogP contribution in [0.1, 0.15) is 13.2 Å². The molecule has 1 aromatic heterocycles. The summed E-state index contributed by atoms with van der Waals surface area (Å²) in [5.41, 5.74) is 2.60. The van der Waals surface area contributed by atoms with Crippen molar-refractivity contribution >= 4 is 5.82 Å². The maximum absolute atomic E-state index is 14.2. The number of alkyl halides is 1. The SMILES string of the molecule is C[C@]1(CO)O[C@@H](n2ccc(N)nc2=O)[C@](O)(F)[C@@H]1O. The van der Waals surface area contributed by atoms with Gasteiger partial charge in [-0.3, -0.25) is 4.57 Å². The number of ether oxygens (including phenoxy) is 1. The van der Waals surface area contributed by atoms with Gasteiger partial charge >= 0.3 is 5.69 Å². The van der Waals surface area contributed by atoms with Crippen LogP contribution in [0.3, 0.4) is 0 Å². The van der Waals surface area contributed by atoms with E-state index in [2.05, 4.69) is 4.98 Å². The third-order valence-electron chi connectivity index (χ3n) is 3.11. The van der Waals surface area contributed by atoms with Gasteiger partial charge in [0, 0.05) is 6.20 Å². The van der Waals surface area contributed by atoms with Gasteiger partial charge in [-0.1, -0.05) is 0 Å². The minimum absolute atomic E-state index is 0.0767. The van der Waals surface area contributed by atoms with E-state index in [4.69, 9.17) is 15.6 Å². The van der Waals surface area contributed by atoms with Crippen LogP contribution in [-0.2, 0) is 4.74 Å². The van der Waals surface area contributed by atoms with Crippen molar-refractivity contribution in [2.24, 2.45) is 0 Å². The predicted molar refractivity (Wildman–Crippen MR) is 60.6 cm³/mol. The van der Waals surface area contributed by atoms with Crippen molar-refractivity contribution in [1.29, 1.82) is 0 Å². The van der Waals surface area contributed by atoms with Crippen molar-refractivity contribution in [2.75, 3.05) is 12.3 Å². The Labute approximate surface area is 106 Å². The first-order valence-corrected chi connectivity index (χ1v) is 5.45. The number of nitrogen functional groups attached to an aromatic ring is 1. The minimum Gasteiger partial charge on any atom is -0.393 e. The zero-order valence-corrected chi connectivity index (χ0v) is 10.0. The van der Waals surface area contributed by atoms with Gasteiger partial charge in [-0.2, -0.15) is 4.98 Å². The van der Waals surface area contributed by atoms with Crippen LogP contribution in [-0.4, -0.2) is 49.0 Å². The molecule has 1 aromatic rings. The minimum atomic E-state index is -3.25. The number of aromatic nitrogens is 2. The van der Waals surface area contributed by atoms with Crippen LogP contribution in [0.4, 0.5) is 10.2 Å². The Kier molecular flexibility index (Phi) is 3.09. The molecule has 1 aliphatic heterocycles. The Balaban J connectivity index is 2.48. The highest BCUT2D eigenvalue weighted by Gasteiger charge is 2.63. The molecule has 1 saturated heterocycles. The van der Waals surface area contributed by atoms with Gasteiger partial charge in [0.25, 0.3) is 5.85 Å². The Morgan fingerprint density at radius 1 is 1.68 bits per heavy atom. The molecule has 0 bridgehead atoms. The van der Waals surface area contributed by atoms with E-state index < -0.39 is 36.1 Å². The molecule has 106 valence electrons.